The number of aromatic nitrogens is 2. The van der Waals surface area contributed by atoms with Crippen molar-refractivity contribution in [2.75, 3.05) is 12.3 Å². The molecule has 17 heavy (non-hydrogen) atoms. The monoisotopic (exact) mass is 236 g/mol. The average molecular weight is 236 g/mol. The highest BCUT2D eigenvalue weighted by Gasteiger charge is 2.64. The number of nitrogens with one attached hydrogen (secondary N) is 2. The summed E-state index contributed by atoms with van der Waals surface area (Å²) in [6, 6.07) is 0. The number of aromatic amines is 1. The summed E-state index contributed by atoms with van der Waals surface area (Å²) in [5.41, 5.74) is 6.90. The molecule has 0 radical (unpaired) electrons. The van der Waals surface area contributed by atoms with Crippen LogP contribution in [0.3, 0.4) is 0 Å². The molecule has 0 saturated heterocycles. The summed E-state index contributed by atoms with van der Waals surface area (Å²) in [4.78, 5) is 11.8. The zero-order valence-corrected chi connectivity index (χ0v) is 10.8. The number of nitrogen functional groups attached to an aromatic ring is 1. The highest BCUT2D eigenvalue weighted by atomic mass is 16.1. The number of amides is 1. The van der Waals surface area contributed by atoms with Crippen LogP contribution in [0.2, 0.25) is 0 Å². The third-order valence-electron chi connectivity index (χ3n) is 4.68. The molecule has 0 spiro atoms. The van der Waals surface area contributed by atoms with Crippen molar-refractivity contribution in [1.29, 1.82) is 0 Å². The average Bonchev–Trinajstić information content (AvgIpc) is 2.55. The number of carbonyl (C=O) groups is 1. The molecule has 94 valence electrons. The van der Waals surface area contributed by atoms with E-state index < -0.39 is 0 Å². The van der Waals surface area contributed by atoms with Crippen LogP contribution in [0.25, 0.3) is 0 Å². The minimum atomic E-state index is -0.182. The van der Waals surface area contributed by atoms with E-state index in [0.29, 0.717) is 23.8 Å². The molecule has 2 rings (SSSR count). The number of rotatable bonds is 3. The second-order valence-electron chi connectivity index (χ2n) is 5.91. The van der Waals surface area contributed by atoms with Crippen molar-refractivity contribution in [3.05, 3.63) is 11.9 Å². The zero-order valence-electron chi connectivity index (χ0n) is 10.8. The largest absolute Gasteiger partial charge is 0.396 e. The molecule has 1 heterocycles. The van der Waals surface area contributed by atoms with Gasteiger partial charge in [-0.15, -0.1) is 0 Å². The first-order chi connectivity index (χ1) is 7.78. The van der Waals surface area contributed by atoms with Gasteiger partial charge in [0.05, 0.1) is 11.9 Å². The number of nitrogens with zero attached hydrogens (tertiary/aromatic N) is 1. The van der Waals surface area contributed by atoms with Crippen molar-refractivity contribution < 1.29 is 4.79 Å². The van der Waals surface area contributed by atoms with Crippen molar-refractivity contribution >= 4 is 11.6 Å². The Bertz CT molecular complexity index is 433. The molecule has 0 atom stereocenters. The number of nitrogens with two attached hydrogens (primary N) is 1. The van der Waals surface area contributed by atoms with Crippen LogP contribution in [0.15, 0.2) is 6.20 Å². The summed E-state index contributed by atoms with van der Waals surface area (Å²) < 4.78 is 0. The van der Waals surface area contributed by atoms with E-state index >= 15 is 0 Å². The first-order valence-electron chi connectivity index (χ1n) is 5.85. The molecule has 1 aliphatic carbocycles. The fourth-order valence-electron chi connectivity index (χ4n) is 2.60. The van der Waals surface area contributed by atoms with Crippen LogP contribution in [-0.4, -0.2) is 22.6 Å². The van der Waals surface area contributed by atoms with Crippen molar-refractivity contribution in [3.8, 4) is 0 Å². The molecule has 0 bridgehead atoms. The van der Waals surface area contributed by atoms with Gasteiger partial charge in [0.1, 0.15) is 5.69 Å². The van der Waals surface area contributed by atoms with Gasteiger partial charge >= 0.3 is 0 Å². The minimum absolute atomic E-state index is 0.182. The number of H-pyrrole nitrogens is 1. The molecule has 0 unspecified atom stereocenters. The molecule has 1 aliphatic rings. The fraction of sp³-hybridized carbons (Fsp3) is 0.667. The SMILES string of the molecule is CC1(C)C(CNC(=O)c2[nH]ncc2N)C1(C)C. The molecular formula is C12H20N4O. The predicted molar refractivity (Wildman–Crippen MR) is 66.4 cm³/mol. The number of hydrogen-bond donors (Lipinski definition) is 3. The van der Waals surface area contributed by atoms with E-state index in [2.05, 4.69) is 43.2 Å². The quantitative estimate of drug-likeness (QED) is 0.741. The van der Waals surface area contributed by atoms with Gasteiger partial charge in [-0.1, -0.05) is 27.7 Å². The Balaban J connectivity index is 1.93. The summed E-state index contributed by atoms with van der Waals surface area (Å²) in [7, 11) is 0. The maximum Gasteiger partial charge on any atom is 0.271 e. The topological polar surface area (TPSA) is 83.8 Å². The van der Waals surface area contributed by atoms with E-state index in [9.17, 15) is 4.79 Å². The maximum atomic E-state index is 11.8. The Labute approximate surface area is 101 Å². The van der Waals surface area contributed by atoms with Crippen molar-refractivity contribution in [2.24, 2.45) is 16.7 Å². The Kier molecular flexibility index (Phi) is 2.45. The van der Waals surface area contributed by atoms with Gasteiger partial charge in [0, 0.05) is 6.54 Å². The van der Waals surface area contributed by atoms with Gasteiger partial charge in [-0.2, -0.15) is 5.10 Å². The lowest BCUT2D eigenvalue weighted by atomic mass is 10.0. The van der Waals surface area contributed by atoms with Crippen LogP contribution in [0.5, 0.6) is 0 Å². The molecule has 1 aromatic heterocycles. The minimum Gasteiger partial charge on any atom is -0.396 e. The Morgan fingerprint density at radius 2 is 2.06 bits per heavy atom. The second-order valence-corrected chi connectivity index (χ2v) is 5.91. The van der Waals surface area contributed by atoms with E-state index in [1.807, 2.05) is 0 Å². The summed E-state index contributed by atoms with van der Waals surface area (Å²) in [5, 5.41) is 9.24. The van der Waals surface area contributed by atoms with Crippen LogP contribution in [-0.2, 0) is 0 Å². The van der Waals surface area contributed by atoms with E-state index in [1.54, 1.807) is 0 Å². The molecule has 1 saturated carbocycles. The Morgan fingerprint density at radius 3 is 2.47 bits per heavy atom. The van der Waals surface area contributed by atoms with Crippen molar-refractivity contribution in [3.63, 3.8) is 0 Å². The highest BCUT2D eigenvalue weighted by Crippen LogP contribution is 2.67. The Morgan fingerprint density at radius 1 is 1.47 bits per heavy atom. The van der Waals surface area contributed by atoms with E-state index in [4.69, 9.17) is 5.73 Å². The molecule has 1 fully saturated rings. The van der Waals surface area contributed by atoms with E-state index in [1.165, 1.54) is 6.20 Å². The van der Waals surface area contributed by atoms with Crippen LogP contribution in [0.1, 0.15) is 38.2 Å². The molecule has 1 aromatic rings. The maximum absolute atomic E-state index is 11.8. The summed E-state index contributed by atoms with van der Waals surface area (Å²) in [5.74, 6) is 0.321. The van der Waals surface area contributed by atoms with Gasteiger partial charge in [0.25, 0.3) is 5.91 Å². The van der Waals surface area contributed by atoms with Gasteiger partial charge < -0.3 is 11.1 Å². The summed E-state index contributed by atoms with van der Waals surface area (Å²) in [6.45, 7) is 9.60. The number of hydrogen-bond acceptors (Lipinski definition) is 3. The molecule has 4 N–H and O–H groups in total. The first kappa shape index (κ1) is 12.0. The van der Waals surface area contributed by atoms with Gasteiger partial charge in [-0.3, -0.25) is 9.89 Å². The van der Waals surface area contributed by atoms with Crippen LogP contribution in [0, 0.1) is 16.7 Å². The lowest BCUT2D eigenvalue weighted by Crippen LogP contribution is -2.28. The van der Waals surface area contributed by atoms with Crippen LogP contribution < -0.4 is 11.1 Å². The van der Waals surface area contributed by atoms with Crippen LogP contribution >= 0.6 is 0 Å². The molecule has 5 heteroatoms. The van der Waals surface area contributed by atoms with Crippen molar-refractivity contribution in [2.45, 2.75) is 27.7 Å². The molecule has 0 aromatic carbocycles. The first-order valence-corrected chi connectivity index (χ1v) is 5.85. The molecule has 0 aliphatic heterocycles. The molecule has 5 nitrogen and oxygen atoms in total. The smallest absolute Gasteiger partial charge is 0.271 e. The highest BCUT2D eigenvalue weighted by molar-refractivity contribution is 5.96. The van der Waals surface area contributed by atoms with E-state index in [-0.39, 0.29) is 16.7 Å². The zero-order chi connectivity index (χ0) is 12.8. The predicted octanol–water partition coefficient (Wildman–Crippen LogP) is 1.40. The van der Waals surface area contributed by atoms with Gasteiger partial charge in [-0.05, 0) is 16.7 Å². The lowest BCUT2D eigenvalue weighted by molar-refractivity contribution is 0.0946. The third kappa shape index (κ3) is 1.69. The van der Waals surface area contributed by atoms with E-state index in [0.717, 1.165) is 0 Å². The summed E-state index contributed by atoms with van der Waals surface area (Å²) in [6.07, 6.45) is 1.44. The number of anilines is 1. The molecular weight excluding hydrogens is 216 g/mol. The third-order valence-corrected chi connectivity index (χ3v) is 4.68. The Hall–Kier alpha value is -1.52. The second kappa shape index (κ2) is 3.48. The van der Waals surface area contributed by atoms with Crippen molar-refractivity contribution in [1.82, 2.24) is 15.5 Å². The fourth-order valence-corrected chi connectivity index (χ4v) is 2.60. The standard InChI is InChI=1S/C12H20N4O/c1-11(2)8(12(11,3)4)6-14-10(17)9-7(13)5-15-16-9/h5,8H,6,13H2,1-4H3,(H,14,17)(H,15,16). The van der Waals surface area contributed by atoms with Gasteiger partial charge in [0.15, 0.2) is 0 Å². The lowest BCUT2D eigenvalue weighted by Gasteiger charge is -2.05. The summed E-state index contributed by atoms with van der Waals surface area (Å²) >= 11 is 0. The molecule has 1 amide bonds. The normalized spacial score (nSPS) is 21.2. The van der Waals surface area contributed by atoms with Gasteiger partial charge in [0.2, 0.25) is 0 Å². The van der Waals surface area contributed by atoms with Gasteiger partial charge in [-0.25, -0.2) is 0 Å². The number of carbonyl (C=O) groups excluding carboxylic acids is 1. The van der Waals surface area contributed by atoms with Crippen LogP contribution in [0.4, 0.5) is 5.69 Å².